The molecule has 1 fully saturated rings. The van der Waals surface area contributed by atoms with Crippen LogP contribution in [0.4, 0.5) is 0 Å². The van der Waals surface area contributed by atoms with Crippen molar-refractivity contribution in [2.24, 2.45) is 0 Å². The van der Waals surface area contributed by atoms with Crippen LogP contribution in [0.5, 0.6) is 0 Å². The standard InChI is InChI=1S/C12H24O12/c13-1-3(15)5(16)7(18)9(20)11(22)24-12-10(21)8(19)6(17)4(2-14)23-12/h3-22H,1-2H2/t3-,4-,5-,6-,7+,8+,9+,10+,11?,12+/m1/s1. The second kappa shape index (κ2) is 9.28. The zero-order valence-corrected chi connectivity index (χ0v) is 12.5. The van der Waals surface area contributed by atoms with E-state index in [9.17, 15) is 40.9 Å². The van der Waals surface area contributed by atoms with Crippen LogP contribution in [0.2, 0.25) is 0 Å². The summed E-state index contributed by atoms with van der Waals surface area (Å²) in [6.45, 7) is -1.66. The van der Waals surface area contributed by atoms with Gasteiger partial charge in [-0.15, -0.1) is 0 Å². The lowest BCUT2D eigenvalue weighted by Gasteiger charge is -2.41. The average Bonchev–Trinajstić information content (AvgIpc) is 2.59. The van der Waals surface area contributed by atoms with E-state index in [1.807, 2.05) is 0 Å². The van der Waals surface area contributed by atoms with E-state index in [0.29, 0.717) is 0 Å². The van der Waals surface area contributed by atoms with Crippen LogP contribution in [0.25, 0.3) is 0 Å². The van der Waals surface area contributed by atoms with Gasteiger partial charge in [0.2, 0.25) is 0 Å². The van der Waals surface area contributed by atoms with E-state index in [0.717, 1.165) is 0 Å². The molecule has 0 bridgehead atoms. The highest BCUT2D eigenvalue weighted by Crippen LogP contribution is 2.23. The maximum absolute atomic E-state index is 9.71. The topological polar surface area (TPSA) is 221 Å². The van der Waals surface area contributed by atoms with Crippen LogP contribution < -0.4 is 0 Å². The third-order valence-electron chi connectivity index (χ3n) is 3.70. The number of rotatable bonds is 8. The highest BCUT2D eigenvalue weighted by molar-refractivity contribution is 4.89. The number of hydrogen-bond acceptors (Lipinski definition) is 12. The van der Waals surface area contributed by atoms with Crippen LogP contribution in [0.3, 0.4) is 0 Å². The number of aliphatic hydroxyl groups excluding tert-OH is 10. The smallest absolute Gasteiger partial charge is 0.189 e. The second-order valence-corrected chi connectivity index (χ2v) is 5.45. The lowest BCUT2D eigenvalue weighted by molar-refractivity contribution is -0.346. The molecule has 1 saturated heterocycles. The lowest BCUT2D eigenvalue weighted by Crippen LogP contribution is -2.60. The molecule has 0 spiro atoms. The molecule has 0 amide bonds. The molecule has 12 heteroatoms. The summed E-state index contributed by atoms with van der Waals surface area (Å²) in [5, 5.41) is 94.1. The average molecular weight is 360 g/mol. The van der Waals surface area contributed by atoms with Gasteiger partial charge in [0.05, 0.1) is 13.2 Å². The molecule has 1 rings (SSSR count). The van der Waals surface area contributed by atoms with Gasteiger partial charge in [-0.3, -0.25) is 0 Å². The fourth-order valence-corrected chi connectivity index (χ4v) is 2.10. The molecule has 0 radical (unpaired) electrons. The van der Waals surface area contributed by atoms with Crippen molar-refractivity contribution in [3.63, 3.8) is 0 Å². The van der Waals surface area contributed by atoms with Gasteiger partial charge >= 0.3 is 0 Å². The first-order valence-corrected chi connectivity index (χ1v) is 7.12. The summed E-state index contributed by atoms with van der Waals surface area (Å²) in [5.74, 6) is 0. The Morgan fingerprint density at radius 2 is 1.38 bits per heavy atom. The summed E-state index contributed by atoms with van der Waals surface area (Å²) in [4.78, 5) is 0. The van der Waals surface area contributed by atoms with Crippen molar-refractivity contribution in [3.05, 3.63) is 0 Å². The van der Waals surface area contributed by atoms with E-state index in [2.05, 4.69) is 0 Å². The van der Waals surface area contributed by atoms with Crippen LogP contribution in [0.15, 0.2) is 0 Å². The molecular weight excluding hydrogens is 336 g/mol. The number of ether oxygens (including phenoxy) is 2. The molecule has 1 aliphatic rings. The van der Waals surface area contributed by atoms with E-state index in [1.54, 1.807) is 0 Å². The molecule has 0 saturated carbocycles. The van der Waals surface area contributed by atoms with Gasteiger partial charge in [-0.1, -0.05) is 0 Å². The Bertz CT molecular complexity index is 368. The lowest BCUT2D eigenvalue weighted by atomic mass is 9.99. The fourth-order valence-electron chi connectivity index (χ4n) is 2.10. The highest BCUT2D eigenvalue weighted by atomic mass is 16.8. The minimum Gasteiger partial charge on any atom is -0.394 e. The number of aliphatic hydroxyl groups is 10. The van der Waals surface area contributed by atoms with Crippen LogP contribution in [-0.4, -0.2) is 126 Å². The molecule has 0 aliphatic carbocycles. The van der Waals surface area contributed by atoms with Crippen molar-refractivity contribution in [1.82, 2.24) is 0 Å². The zero-order valence-electron chi connectivity index (χ0n) is 12.5. The third-order valence-corrected chi connectivity index (χ3v) is 3.70. The van der Waals surface area contributed by atoms with Crippen molar-refractivity contribution < 1.29 is 60.5 Å². The fraction of sp³-hybridized carbons (Fsp3) is 1.00. The summed E-state index contributed by atoms with van der Waals surface area (Å²) >= 11 is 0. The van der Waals surface area contributed by atoms with E-state index in [1.165, 1.54) is 0 Å². The Morgan fingerprint density at radius 3 is 1.88 bits per heavy atom. The molecule has 12 nitrogen and oxygen atoms in total. The van der Waals surface area contributed by atoms with Crippen molar-refractivity contribution >= 4 is 0 Å². The molecule has 0 aromatic rings. The Balaban J connectivity index is 2.69. The monoisotopic (exact) mass is 360 g/mol. The molecule has 1 unspecified atom stereocenters. The molecule has 24 heavy (non-hydrogen) atoms. The molecule has 1 aliphatic heterocycles. The minimum absolute atomic E-state index is 0.743. The zero-order chi connectivity index (χ0) is 18.6. The van der Waals surface area contributed by atoms with Gasteiger partial charge in [-0.05, 0) is 0 Å². The Kier molecular flexibility index (Phi) is 8.34. The van der Waals surface area contributed by atoms with Gasteiger partial charge in [0.25, 0.3) is 0 Å². The maximum atomic E-state index is 9.71. The molecular formula is C12H24O12. The van der Waals surface area contributed by atoms with Crippen molar-refractivity contribution in [3.8, 4) is 0 Å². The van der Waals surface area contributed by atoms with Gasteiger partial charge in [0.15, 0.2) is 12.6 Å². The Labute approximate surface area is 136 Å². The molecule has 0 aromatic carbocycles. The SMILES string of the molecule is OC[C@@H](O)[C@@H](O)[C@H](O)[C@H](O)C(O)O[C@@H]1O[C@H](CO)[C@@H](O)[C@H](O)[C@@H]1O. The van der Waals surface area contributed by atoms with E-state index < -0.39 is 74.6 Å². The number of hydrogen-bond donors (Lipinski definition) is 10. The second-order valence-electron chi connectivity index (χ2n) is 5.45. The van der Waals surface area contributed by atoms with Crippen LogP contribution in [0.1, 0.15) is 0 Å². The normalized spacial score (nSPS) is 37.5. The summed E-state index contributed by atoms with van der Waals surface area (Å²) in [7, 11) is 0. The van der Waals surface area contributed by atoms with Crippen molar-refractivity contribution in [1.29, 1.82) is 0 Å². The summed E-state index contributed by atoms with van der Waals surface area (Å²) < 4.78 is 9.66. The van der Waals surface area contributed by atoms with Gasteiger partial charge < -0.3 is 60.5 Å². The molecule has 10 atom stereocenters. The molecule has 144 valence electrons. The van der Waals surface area contributed by atoms with Gasteiger partial charge in [0, 0.05) is 0 Å². The predicted molar refractivity (Wildman–Crippen MR) is 72.0 cm³/mol. The first-order valence-electron chi connectivity index (χ1n) is 7.12. The molecule has 10 N–H and O–H groups in total. The Morgan fingerprint density at radius 1 is 0.792 bits per heavy atom. The van der Waals surface area contributed by atoms with E-state index in [4.69, 9.17) is 19.7 Å². The van der Waals surface area contributed by atoms with Gasteiger partial charge in [0.1, 0.15) is 48.8 Å². The largest absolute Gasteiger partial charge is 0.394 e. The highest BCUT2D eigenvalue weighted by Gasteiger charge is 2.46. The first kappa shape index (κ1) is 21.6. The summed E-state index contributed by atoms with van der Waals surface area (Å²) in [6, 6.07) is 0. The predicted octanol–water partition coefficient (Wildman–Crippen LogP) is -6.44. The molecule has 1 heterocycles. The van der Waals surface area contributed by atoms with Crippen molar-refractivity contribution in [2.45, 2.75) is 61.4 Å². The van der Waals surface area contributed by atoms with Crippen LogP contribution >= 0.6 is 0 Å². The first-order chi connectivity index (χ1) is 11.1. The summed E-state index contributed by atoms with van der Waals surface area (Å²) in [6.07, 6.45) is -18.8. The maximum Gasteiger partial charge on any atom is 0.189 e. The van der Waals surface area contributed by atoms with Crippen molar-refractivity contribution in [2.75, 3.05) is 13.2 Å². The van der Waals surface area contributed by atoms with Gasteiger partial charge in [-0.25, -0.2) is 0 Å². The van der Waals surface area contributed by atoms with E-state index >= 15 is 0 Å². The van der Waals surface area contributed by atoms with Gasteiger partial charge in [-0.2, -0.15) is 0 Å². The van der Waals surface area contributed by atoms with Crippen LogP contribution in [0, 0.1) is 0 Å². The third kappa shape index (κ3) is 4.78. The van der Waals surface area contributed by atoms with E-state index in [-0.39, 0.29) is 0 Å². The minimum atomic E-state index is -2.25. The quantitative estimate of drug-likeness (QED) is 0.183. The Hall–Kier alpha value is -0.480. The van der Waals surface area contributed by atoms with Crippen LogP contribution in [-0.2, 0) is 9.47 Å². The summed E-state index contributed by atoms with van der Waals surface area (Å²) in [5.41, 5.74) is 0. The molecule has 0 aromatic heterocycles.